The third kappa shape index (κ3) is 2.79. The Morgan fingerprint density at radius 2 is 1.94 bits per heavy atom. The van der Waals surface area contributed by atoms with E-state index in [0.29, 0.717) is 28.6 Å². The zero-order chi connectivity index (χ0) is 12.1. The number of rotatable bonds is 4. The van der Waals surface area contributed by atoms with Crippen molar-refractivity contribution in [2.75, 3.05) is 19.5 Å². The van der Waals surface area contributed by atoms with Crippen LogP contribution in [0.2, 0.25) is 5.02 Å². The number of benzene rings is 1. The average molecular weight is 244 g/mol. The van der Waals surface area contributed by atoms with Gasteiger partial charge in [-0.25, -0.2) is 0 Å². The molecule has 0 fully saturated rings. The molecule has 1 N–H and O–H groups in total. The molecule has 0 saturated carbocycles. The summed E-state index contributed by atoms with van der Waals surface area (Å²) in [6, 6.07) is 3.24. The van der Waals surface area contributed by atoms with Crippen LogP contribution in [0.15, 0.2) is 12.1 Å². The summed E-state index contributed by atoms with van der Waals surface area (Å²) in [5.41, 5.74) is 0.551. The molecule has 0 spiro atoms. The zero-order valence-corrected chi connectivity index (χ0v) is 10.2. The van der Waals surface area contributed by atoms with Crippen LogP contribution in [-0.4, -0.2) is 20.1 Å². The second-order valence-corrected chi connectivity index (χ2v) is 3.50. The minimum absolute atomic E-state index is 0.0947. The molecule has 5 heteroatoms. The molecule has 0 aliphatic rings. The highest BCUT2D eigenvalue weighted by Crippen LogP contribution is 2.35. The minimum atomic E-state index is -0.0947. The van der Waals surface area contributed by atoms with Gasteiger partial charge in [-0.05, 0) is 0 Å². The van der Waals surface area contributed by atoms with E-state index in [-0.39, 0.29) is 5.91 Å². The predicted molar refractivity (Wildman–Crippen MR) is 63.5 cm³/mol. The summed E-state index contributed by atoms with van der Waals surface area (Å²) in [6.45, 7) is 1.77. The molecule has 1 aromatic rings. The first kappa shape index (κ1) is 12.6. The molecular weight excluding hydrogens is 230 g/mol. The van der Waals surface area contributed by atoms with Crippen LogP contribution in [0.3, 0.4) is 0 Å². The van der Waals surface area contributed by atoms with E-state index in [4.69, 9.17) is 21.1 Å². The lowest BCUT2D eigenvalue weighted by Crippen LogP contribution is -2.10. The van der Waals surface area contributed by atoms with Gasteiger partial charge in [0.15, 0.2) is 0 Å². The van der Waals surface area contributed by atoms with Crippen molar-refractivity contribution in [1.29, 1.82) is 0 Å². The van der Waals surface area contributed by atoms with Gasteiger partial charge in [0.05, 0.1) is 24.9 Å². The Morgan fingerprint density at radius 3 is 2.44 bits per heavy atom. The number of methoxy groups -OCH3 is 2. The summed E-state index contributed by atoms with van der Waals surface area (Å²) in [5.74, 6) is 0.907. The lowest BCUT2D eigenvalue weighted by atomic mass is 10.2. The summed E-state index contributed by atoms with van der Waals surface area (Å²) in [7, 11) is 3.03. The van der Waals surface area contributed by atoms with E-state index >= 15 is 0 Å². The first-order valence-corrected chi connectivity index (χ1v) is 5.21. The molecule has 0 unspecified atom stereocenters. The maximum absolute atomic E-state index is 11.3. The largest absolute Gasteiger partial charge is 0.495 e. The van der Waals surface area contributed by atoms with Crippen molar-refractivity contribution >= 4 is 23.2 Å². The van der Waals surface area contributed by atoms with E-state index in [1.165, 1.54) is 14.2 Å². The highest BCUT2D eigenvalue weighted by molar-refractivity contribution is 6.32. The molecule has 0 radical (unpaired) electrons. The maximum Gasteiger partial charge on any atom is 0.224 e. The Balaban J connectivity index is 3.09. The van der Waals surface area contributed by atoms with Crippen molar-refractivity contribution in [2.45, 2.75) is 13.3 Å². The van der Waals surface area contributed by atoms with Crippen LogP contribution < -0.4 is 14.8 Å². The van der Waals surface area contributed by atoms with E-state index in [1.807, 2.05) is 0 Å². The topological polar surface area (TPSA) is 47.6 Å². The molecule has 1 rings (SSSR count). The van der Waals surface area contributed by atoms with Gasteiger partial charge in [0, 0.05) is 18.6 Å². The SMILES string of the molecule is CCC(=O)Nc1cc(OC)c(Cl)cc1OC. The number of hydrogen-bond donors (Lipinski definition) is 1. The van der Waals surface area contributed by atoms with E-state index in [0.717, 1.165) is 0 Å². The molecule has 0 aliphatic carbocycles. The Bertz CT molecular complexity index is 393. The van der Waals surface area contributed by atoms with Gasteiger partial charge in [-0.1, -0.05) is 18.5 Å². The fourth-order valence-corrected chi connectivity index (χ4v) is 1.43. The number of nitrogens with one attached hydrogen (secondary N) is 1. The van der Waals surface area contributed by atoms with Crippen molar-refractivity contribution < 1.29 is 14.3 Å². The number of carbonyl (C=O) groups is 1. The maximum atomic E-state index is 11.3. The van der Waals surface area contributed by atoms with E-state index in [9.17, 15) is 4.79 Å². The number of ether oxygens (including phenoxy) is 2. The number of anilines is 1. The van der Waals surface area contributed by atoms with Gasteiger partial charge < -0.3 is 14.8 Å². The fourth-order valence-electron chi connectivity index (χ4n) is 1.20. The van der Waals surface area contributed by atoms with Crippen LogP contribution in [0.5, 0.6) is 11.5 Å². The average Bonchev–Trinajstić information content (AvgIpc) is 2.30. The van der Waals surface area contributed by atoms with Crippen molar-refractivity contribution in [3.05, 3.63) is 17.2 Å². The summed E-state index contributed by atoms with van der Waals surface area (Å²) in [6.07, 6.45) is 0.397. The summed E-state index contributed by atoms with van der Waals surface area (Å²) < 4.78 is 10.2. The van der Waals surface area contributed by atoms with Crippen LogP contribution in [0.4, 0.5) is 5.69 Å². The van der Waals surface area contributed by atoms with Crippen molar-refractivity contribution in [3.63, 3.8) is 0 Å². The number of carbonyl (C=O) groups excluding carboxylic acids is 1. The normalized spacial score (nSPS) is 9.75. The van der Waals surface area contributed by atoms with Crippen molar-refractivity contribution in [2.24, 2.45) is 0 Å². The predicted octanol–water partition coefficient (Wildman–Crippen LogP) is 2.71. The van der Waals surface area contributed by atoms with Gasteiger partial charge in [0.25, 0.3) is 0 Å². The number of amides is 1. The van der Waals surface area contributed by atoms with Gasteiger partial charge in [-0.15, -0.1) is 0 Å². The van der Waals surface area contributed by atoms with Crippen molar-refractivity contribution in [1.82, 2.24) is 0 Å². The standard InChI is InChI=1S/C11H14ClNO3/c1-4-11(14)13-8-6-9(15-2)7(12)5-10(8)16-3/h5-6H,4H2,1-3H3,(H,13,14). The van der Waals surface area contributed by atoms with Crippen LogP contribution in [0, 0.1) is 0 Å². The third-order valence-corrected chi connectivity index (χ3v) is 2.36. The van der Waals surface area contributed by atoms with Gasteiger partial charge in [-0.2, -0.15) is 0 Å². The summed E-state index contributed by atoms with van der Waals surface area (Å²) in [5, 5.41) is 3.15. The fraction of sp³-hybridized carbons (Fsp3) is 0.364. The Labute approximate surface area is 99.5 Å². The molecule has 4 nitrogen and oxygen atoms in total. The van der Waals surface area contributed by atoms with Gasteiger partial charge in [-0.3, -0.25) is 4.79 Å². The van der Waals surface area contributed by atoms with Crippen LogP contribution in [0.1, 0.15) is 13.3 Å². The first-order valence-electron chi connectivity index (χ1n) is 4.83. The number of hydrogen-bond acceptors (Lipinski definition) is 3. The van der Waals surface area contributed by atoms with Gasteiger partial charge in [0.2, 0.25) is 5.91 Å². The molecule has 0 aromatic heterocycles. The molecule has 0 bridgehead atoms. The Hall–Kier alpha value is -1.42. The van der Waals surface area contributed by atoms with Gasteiger partial charge >= 0.3 is 0 Å². The summed E-state index contributed by atoms with van der Waals surface area (Å²) >= 11 is 5.93. The van der Waals surface area contributed by atoms with E-state index in [2.05, 4.69) is 5.32 Å². The second kappa shape index (κ2) is 5.61. The highest BCUT2D eigenvalue weighted by Gasteiger charge is 2.11. The zero-order valence-electron chi connectivity index (χ0n) is 9.46. The molecule has 88 valence electrons. The molecule has 0 aliphatic heterocycles. The van der Waals surface area contributed by atoms with Crippen LogP contribution in [0.25, 0.3) is 0 Å². The Kier molecular flexibility index (Phi) is 4.43. The quantitative estimate of drug-likeness (QED) is 0.885. The monoisotopic (exact) mass is 243 g/mol. The highest BCUT2D eigenvalue weighted by atomic mass is 35.5. The molecule has 0 saturated heterocycles. The molecule has 0 heterocycles. The lowest BCUT2D eigenvalue weighted by Gasteiger charge is -2.12. The smallest absolute Gasteiger partial charge is 0.224 e. The first-order chi connectivity index (χ1) is 7.62. The summed E-state index contributed by atoms with van der Waals surface area (Å²) in [4.78, 5) is 11.3. The Morgan fingerprint density at radius 1 is 1.31 bits per heavy atom. The molecule has 1 amide bonds. The second-order valence-electron chi connectivity index (χ2n) is 3.09. The minimum Gasteiger partial charge on any atom is -0.495 e. The van der Waals surface area contributed by atoms with Crippen LogP contribution >= 0.6 is 11.6 Å². The number of halogens is 1. The van der Waals surface area contributed by atoms with E-state index in [1.54, 1.807) is 19.1 Å². The lowest BCUT2D eigenvalue weighted by molar-refractivity contribution is -0.115. The molecule has 16 heavy (non-hydrogen) atoms. The molecular formula is C11H14ClNO3. The molecule has 0 atom stereocenters. The van der Waals surface area contributed by atoms with E-state index < -0.39 is 0 Å². The van der Waals surface area contributed by atoms with Gasteiger partial charge in [0.1, 0.15) is 11.5 Å². The van der Waals surface area contributed by atoms with Crippen molar-refractivity contribution in [3.8, 4) is 11.5 Å². The third-order valence-electron chi connectivity index (χ3n) is 2.07. The molecule has 1 aromatic carbocycles. The van der Waals surface area contributed by atoms with Crippen LogP contribution in [-0.2, 0) is 4.79 Å².